The fourth-order valence-corrected chi connectivity index (χ4v) is 1.70. The maximum atomic E-state index is 13.9. The van der Waals surface area contributed by atoms with E-state index in [1.54, 1.807) is 0 Å². The quantitative estimate of drug-likeness (QED) is 0.607. The molecule has 0 saturated heterocycles. The monoisotopic (exact) mass is 379 g/mol. The number of benzene rings is 1. The van der Waals surface area contributed by atoms with Crippen LogP contribution in [-0.2, 0) is 9.53 Å². The Balaban J connectivity index is 0.00000529. The van der Waals surface area contributed by atoms with Crippen LogP contribution in [0.25, 0.3) is 0 Å². The maximum Gasteiger partial charge on any atom is 0.573 e. The summed E-state index contributed by atoms with van der Waals surface area (Å²) in [5.41, 5.74) is 4.99. The van der Waals surface area contributed by atoms with Gasteiger partial charge in [0.05, 0.1) is 13.7 Å². The van der Waals surface area contributed by atoms with Gasteiger partial charge in [-0.1, -0.05) is 0 Å². The van der Waals surface area contributed by atoms with Crippen LogP contribution in [-0.4, -0.2) is 32.0 Å². The summed E-state index contributed by atoms with van der Waals surface area (Å²) in [6.45, 7) is 1.06. The number of methoxy groups -OCH3 is 1. The fourth-order valence-electron chi connectivity index (χ4n) is 1.70. The maximum absolute atomic E-state index is 13.9. The minimum absolute atomic E-state index is 0. The zero-order valence-electron chi connectivity index (χ0n) is 12.5. The Morgan fingerprint density at radius 2 is 1.83 bits per heavy atom. The van der Waals surface area contributed by atoms with E-state index in [-0.39, 0.29) is 30.3 Å². The fraction of sp³-hybridized carbons (Fsp3) is 0.462. The molecular formula is C13H15ClF5NO4. The topological polar surface area (TPSA) is 70.8 Å². The zero-order valence-corrected chi connectivity index (χ0v) is 13.3. The Labute approximate surface area is 140 Å². The molecule has 0 unspecified atom stereocenters. The van der Waals surface area contributed by atoms with Gasteiger partial charge in [-0.3, -0.25) is 0 Å². The third-order valence-corrected chi connectivity index (χ3v) is 2.71. The highest BCUT2D eigenvalue weighted by atomic mass is 35.5. The van der Waals surface area contributed by atoms with Gasteiger partial charge in [0.25, 0.3) is 0 Å². The molecule has 1 atom stereocenters. The van der Waals surface area contributed by atoms with Crippen molar-refractivity contribution >= 4 is 18.4 Å². The van der Waals surface area contributed by atoms with Gasteiger partial charge in [0, 0.05) is 11.6 Å². The van der Waals surface area contributed by atoms with Crippen LogP contribution in [0.4, 0.5) is 22.0 Å². The summed E-state index contributed by atoms with van der Waals surface area (Å²) in [5.74, 6) is -6.99. The summed E-state index contributed by atoms with van der Waals surface area (Å²) >= 11 is 0. The van der Waals surface area contributed by atoms with Crippen molar-refractivity contribution in [3.05, 3.63) is 23.8 Å². The van der Waals surface area contributed by atoms with Crippen LogP contribution in [0.1, 0.15) is 18.5 Å². The van der Waals surface area contributed by atoms with E-state index < -0.39 is 30.0 Å². The molecule has 0 aliphatic carbocycles. The molecule has 2 N–H and O–H groups in total. The molecule has 0 radical (unpaired) electrons. The highest BCUT2D eigenvalue weighted by Gasteiger charge is 2.48. The summed E-state index contributed by atoms with van der Waals surface area (Å²) in [4.78, 5) is 11.3. The number of halogens is 6. The number of ether oxygens (including phenoxy) is 3. The van der Waals surface area contributed by atoms with Gasteiger partial charge in [0.1, 0.15) is 17.5 Å². The third kappa shape index (κ3) is 5.38. The van der Waals surface area contributed by atoms with Crippen LogP contribution < -0.4 is 15.2 Å². The molecule has 0 saturated carbocycles. The zero-order chi connectivity index (χ0) is 17.8. The first-order valence-corrected chi connectivity index (χ1v) is 6.27. The Bertz CT molecular complexity index is 568. The molecule has 1 aromatic carbocycles. The predicted molar refractivity (Wildman–Crippen MR) is 75.4 cm³/mol. The molecule has 11 heteroatoms. The molecule has 0 heterocycles. The lowest BCUT2D eigenvalue weighted by atomic mass is 10.00. The summed E-state index contributed by atoms with van der Waals surface area (Å²) in [5, 5.41) is 0. The second kappa shape index (κ2) is 8.34. The molecule has 0 spiro atoms. The largest absolute Gasteiger partial charge is 0.573 e. The number of hydrogen-bond acceptors (Lipinski definition) is 5. The van der Waals surface area contributed by atoms with Crippen LogP contribution >= 0.6 is 12.4 Å². The van der Waals surface area contributed by atoms with E-state index >= 15 is 0 Å². The van der Waals surface area contributed by atoms with Gasteiger partial charge < -0.3 is 19.9 Å². The minimum Gasteiger partial charge on any atom is -0.496 e. The van der Waals surface area contributed by atoms with E-state index in [4.69, 9.17) is 10.5 Å². The summed E-state index contributed by atoms with van der Waals surface area (Å²) < 4.78 is 76.9. The van der Waals surface area contributed by atoms with Crippen molar-refractivity contribution in [2.24, 2.45) is 5.73 Å². The molecule has 5 nitrogen and oxygen atoms in total. The van der Waals surface area contributed by atoms with E-state index in [1.807, 2.05) is 0 Å². The van der Waals surface area contributed by atoms with E-state index in [0.29, 0.717) is 0 Å². The van der Waals surface area contributed by atoms with Gasteiger partial charge in [-0.05, 0) is 19.1 Å². The van der Waals surface area contributed by atoms with Gasteiger partial charge in [0.2, 0.25) is 0 Å². The molecule has 24 heavy (non-hydrogen) atoms. The van der Waals surface area contributed by atoms with Gasteiger partial charge in [-0.15, -0.1) is 25.6 Å². The lowest BCUT2D eigenvalue weighted by molar-refractivity contribution is -0.274. The van der Waals surface area contributed by atoms with E-state index in [0.717, 1.165) is 25.3 Å². The van der Waals surface area contributed by atoms with Crippen LogP contribution in [0.5, 0.6) is 11.5 Å². The first-order chi connectivity index (χ1) is 10.5. The van der Waals surface area contributed by atoms with Crippen molar-refractivity contribution in [2.45, 2.75) is 25.3 Å². The van der Waals surface area contributed by atoms with Crippen LogP contribution in [0.2, 0.25) is 0 Å². The number of esters is 1. The number of rotatable bonds is 6. The van der Waals surface area contributed by atoms with Crippen LogP contribution in [0.15, 0.2) is 18.2 Å². The Morgan fingerprint density at radius 1 is 1.25 bits per heavy atom. The second-order valence-electron chi connectivity index (χ2n) is 4.27. The lowest BCUT2D eigenvalue weighted by Crippen LogP contribution is -2.41. The molecule has 0 aliphatic rings. The van der Waals surface area contributed by atoms with E-state index in [9.17, 15) is 26.7 Å². The molecule has 0 bridgehead atoms. The number of carbonyl (C=O) groups is 1. The molecule has 0 aliphatic heterocycles. The average molecular weight is 380 g/mol. The Hall–Kier alpha value is -1.81. The SMILES string of the molecule is CCOC(=O)C(F)(F)[C@H](N)c1ccc(OC(F)(F)F)cc1OC.Cl. The molecule has 0 amide bonds. The Kier molecular flexibility index (Phi) is 7.71. The van der Waals surface area contributed by atoms with Crippen molar-refractivity contribution in [3.63, 3.8) is 0 Å². The second-order valence-corrected chi connectivity index (χ2v) is 4.27. The number of alkyl halides is 5. The minimum atomic E-state index is -4.95. The normalized spacial score (nSPS) is 12.8. The van der Waals surface area contributed by atoms with Crippen molar-refractivity contribution in [3.8, 4) is 11.5 Å². The van der Waals surface area contributed by atoms with E-state index in [2.05, 4.69) is 9.47 Å². The first kappa shape index (κ1) is 22.2. The highest BCUT2D eigenvalue weighted by molar-refractivity contribution is 5.85. The lowest BCUT2D eigenvalue weighted by Gasteiger charge is -2.23. The van der Waals surface area contributed by atoms with E-state index in [1.165, 1.54) is 6.92 Å². The van der Waals surface area contributed by atoms with Crippen molar-refractivity contribution in [1.29, 1.82) is 0 Å². The molecular weight excluding hydrogens is 365 g/mol. The van der Waals surface area contributed by atoms with Gasteiger partial charge >= 0.3 is 18.3 Å². The summed E-state index contributed by atoms with van der Waals surface area (Å²) in [7, 11) is 1.05. The number of nitrogens with two attached hydrogens (primary N) is 1. The number of hydrogen-bond donors (Lipinski definition) is 1. The summed E-state index contributed by atoms with van der Waals surface area (Å²) in [6.07, 6.45) is -4.95. The standard InChI is InChI=1S/C13H14F5NO4.ClH/c1-3-22-11(20)12(14,15)10(19)8-5-4-7(6-9(8)21-2)23-13(16,17)18;/h4-6,10H,3,19H2,1-2H3;1H/t10-;/m1./s1. The molecule has 0 aromatic heterocycles. The molecule has 0 fully saturated rings. The van der Waals surface area contributed by atoms with Gasteiger partial charge in [-0.2, -0.15) is 8.78 Å². The number of carbonyl (C=O) groups excluding carboxylic acids is 1. The summed E-state index contributed by atoms with van der Waals surface area (Å²) in [6, 6.07) is 0.213. The van der Waals surface area contributed by atoms with Crippen molar-refractivity contribution in [2.75, 3.05) is 13.7 Å². The smallest absolute Gasteiger partial charge is 0.496 e. The molecule has 1 aromatic rings. The van der Waals surface area contributed by atoms with Gasteiger partial charge in [-0.25, -0.2) is 4.79 Å². The third-order valence-electron chi connectivity index (χ3n) is 2.71. The first-order valence-electron chi connectivity index (χ1n) is 6.27. The average Bonchev–Trinajstić information content (AvgIpc) is 2.44. The Morgan fingerprint density at radius 3 is 2.29 bits per heavy atom. The van der Waals surface area contributed by atoms with Crippen LogP contribution in [0, 0.1) is 0 Å². The van der Waals surface area contributed by atoms with Crippen molar-refractivity contribution < 1.29 is 41.0 Å². The molecule has 138 valence electrons. The van der Waals surface area contributed by atoms with Crippen molar-refractivity contribution in [1.82, 2.24) is 0 Å². The predicted octanol–water partition coefficient (Wildman–Crippen LogP) is 3.21. The van der Waals surface area contributed by atoms with Gasteiger partial charge in [0.15, 0.2) is 0 Å². The van der Waals surface area contributed by atoms with Crippen LogP contribution in [0.3, 0.4) is 0 Å². The molecule has 1 rings (SSSR count). The highest BCUT2D eigenvalue weighted by Crippen LogP contribution is 2.38.